The molecule has 2 heterocycles. The van der Waals surface area contributed by atoms with Crippen LogP contribution in [-0.4, -0.2) is 14.6 Å². The van der Waals surface area contributed by atoms with E-state index in [1.807, 2.05) is 0 Å². The van der Waals surface area contributed by atoms with Gasteiger partial charge in [-0.2, -0.15) is 5.10 Å². The SMILES string of the molecule is C=Cc1[c]n2nc(Cl)ccc2n1. The summed E-state index contributed by atoms with van der Waals surface area (Å²) in [6, 6.07) is 3.46. The Morgan fingerprint density at radius 2 is 2.42 bits per heavy atom. The predicted octanol–water partition coefficient (Wildman–Crippen LogP) is 1.83. The summed E-state index contributed by atoms with van der Waals surface area (Å²) < 4.78 is 1.50. The topological polar surface area (TPSA) is 30.2 Å². The van der Waals surface area contributed by atoms with Crippen LogP contribution in [-0.2, 0) is 0 Å². The highest BCUT2D eigenvalue weighted by molar-refractivity contribution is 6.29. The number of rotatable bonds is 1. The Balaban J connectivity index is 2.75. The van der Waals surface area contributed by atoms with Gasteiger partial charge in [0.25, 0.3) is 0 Å². The van der Waals surface area contributed by atoms with E-state index >= 15 is 0 Å². The van der Waals surface area contributed by atoms with E-state index in [1.54, 1.807) is 18.2 Å². The van der Waals surface area contributed by atoms with Gasteiger partial charge in [0.1, 0.15) is 11.3 Å². The fourth-order valence-corrected chi connectivity index (χ4v) is 1.05. The molecular formula is C8H5ClN3. The van der Waals surface area contributed by atoms with Crippen molar-refractivity contribution in [2.45, 2.75) is 0 Å². The first-order valence-corrected chi connectivity index (χ1v) is 3.74. The van der Waals surface area contributed by atoms with E-state index in [-0.39, 0.29) is 0 Å². The van der Waals surface area contributed by atoms with Crippen LogP contribution in [0.2, 0.25) is 5.15 Å². The zero-order valence-corrected chi connectivity index (χ0v) is 6.91. The summed E-state index contributed by atoms with van der Waals surface area (Å²) in [5.74, 6) is 0. The number of nitrogens with zero attached hydrogens (tertiary/aromatic N) is 3. The van der Waals surface area contributed by atoms with Crippen LogP contribution in [0.5, 0.6) is 0 Å². The first-order chi connectivity index (χ1) is 5.79. The minimum atomic E-state index is 0.423. The largest absolute Gasteiger partial charge is 0.227 e. The van der Waals surface area contributed by atoms with E-state index in [1.165, 1.54) is 4.52 Å². The summed E-state index contributed by atoms with van der Waals surface area (Å²) in [6.07, 6.45) is 4.49. The molecule has 2 aromatic rings. The van der Waals surface area contributed by atoms with Gasteiger partial charge in [0.15, 0.2) is 5.65 Å². The number of hydrogen-bond acceptors (Lipinski definition) is 2. The second-order valence-electron chi connectivity index (χ2n) is 2.24. The lowest BCUT2D eigenvalue weighted by atomic mass is 10.5. The van der Waals surface area contributed by atoms with Gasteiger partial charge in [0, 0.05) is 0 Å². The zero-order chi connectivity index (χ0) is 8.55. The average Bonchev–Trinajstić information content (AvgIpc) is 2.46. The smallest absolute Gasteiger partial charge is 0.155 e. The lowest BCUT2D eigenvalue weighted by Crippen LogP contribution is -1.88. The van der Waals surface area contributed by atoms with Gasteiger partial charge in [-0.05, 0) is 18.2 Å². The van der Waals surface area contributed by atoms with E-state index in [0.29, 0.717) is 16.5 Å². The van der Waals surface area contributed by atoms with Gasteiger partial charge in [0.05, 0.1) is 5.69 Å². The molecule has 0 spiro atoms. The highest BCUT2D eigenvalue weighted by Gasteiger charge is 1.99. The fourth-order valence-electron chi connectivity index (χ4n) is 0.909. The molecule has 0 unspecified atom stereocenters. The summed E-state index contributed by atoms with van der Waals surface area (Å²) in [5.41, 5.74) is 1.39. The highest BCUT2D eigenvalue weighted by Crippen LogP contribution is 2.07. The average molecular weight is 179 g/mol. The van der Waals surface area contributed by atoms with E-state index < -0.39 is 0 Å². The van der Waals surface area contributed by atoms with Crippen molar-refractivity contribution >= 4 is 23.3 Å². The molecule has 0 aliphatic carbocycles. The van der Waals surface area contributed by atoms with Crippen molar-refractivity contribution in [2.24, 2.45) is 0 Å². The van der Waals surface area contributed by atoms with Crippen molar-refractivity contribution in [1.29, 1.82) is 0 Å². The molecule has 0 bridgehead atoms. The zero-order valence-electron chi connectivity index (χ0n) is 6.16. The van der Waals surface area contributed by atoms with Gasteiger partial charge in [-0.25, -0.2) is 9.50 Å². The van der Waals surface area contributed by atoms with Crippen molar-refractivity contribution in [2.75, 3.05) is 0 Å². The van der Waals surface area contributed by atoms with Crippen molar-refractivity contribution < 1.29 is 0 Å². The highest BCUT2D eigenvalue weighted by atomic mass is 35.5. The maximum atomic E-state index is 5.67. The van der Waals surface area contributed by atoms with Crippen LogP contribution in [0.4, 0.5) is 0 Å². The summed E-state index contributed by atoms with van der Waals surface area (Å²) >= 11 is 5.67. The molecule has 0 N–H and O–H groups in total. The third kappa shape index (κ3) is 1.08. The molecule has 0 fully saturated rings. The Morgan fingerprint density at radius 3 is 3.17 bits per heavy atom. The summed E-state index contributed by atoms with van der Waals surface area (Å²) in [4.78, 5) is 4.14. The Morgan fingerprint density at radius 1 is 1.58 bits per heavy atom. The second kappa shape index (κ2) is 2.60. The quantitative estimate of drug-likeness (QED) is 0.667. The van der Waals surface area contributed by atoms with Crippen molar-refractivity contribution in [3.8, 4) is 0 Å². The fraction of sp³-hybridized carbons (Fsp3) is 0. The van der Waals surface area contributed by atoms with E-state index in [9.17, 15) is 0 Å². The number of fused-ring (bicyclic) bond motifs is 1. The van der Waals surface area contributed by atoms with Crippen LogP contribution >= 0.6 is 11.6 Å². The Hall–Kier alpha value is -1.35. The number of aromatic nitrogens is 3. The van der Waals surface area contributed by atoms with Crippen LogP contribution < -0.4 is 0 Å². The molecular weight excluding hydrogens is 174 g/mol. The minimum absolute atomic E-state index is 0.423. The normalized spacial score (nSPS) is 10.4. The number of halogens is 1. The van der Waals surface area contributed by atoms with Crippen LogP contribution in [0, 0.1) is 6.20 Å². The van der Waals surface area contributed by atoms with E-state index in [0.717, 1.165) is 0 Å². The lowest BCUT2D eigenvalue weighted by Gasteiger charge is -1.89. The third-order valence-corrected chi connectivity index (χ3v) is 1.63. The van der Waals surface area contributed by atoms with Crippen molar-refractivity contribution in [3.05, 3.63) is 35.8 Å². The molecule has 0 atom stereocenters. The second-order valence-corrected chi connectivity index (χ2v) is 2.63. The van der Waals surface area contributed by atoms with Crippen LogP contribution in [0.15, 0.2) is 18.7 Å². The Kier molecular flexibility index (Phi) is 1.59. The minimum Gasteiger partial charge on any atom is -0.227 e. The first kappa shape index (κ1) is 7.31. The van der Waals surface area contributed by atoms with Gasteiger partial charge < -0.3 is 0 Å². The third-order valence-electron chi connectivity index (χ3n) is 1.43. The molecule has 0 amide bonds. The summed E-state index contributed by atoms with van der Waals surface area (Å²) in [7, 11) is 0. The van der Waals surface area contributed by atoms with Crippen LogP contribution in [0.3, 0.4) is 0 Å². The molecule has 1 radical (unpaired) electrons. The van der Waals surface area contributed by atoms with E-state index in [2.05, 4.69) is 22.9 Å². The molecule has 4 heteroatoms. The molecule has 2 aromatic heterocycles. The number of hydrogen-bond donors (Lipinski definition) is 0. The van der Waals surface area contributed by atoms with Crippen molar-refractivity contribution in [1.82, 2.24) is 14.6 Å². The van der Waals surface area contributed by atoms with Gasteiger partial charge in [0.2, 0.25) is 0 Å². The van der Waals surface area contributed by atoms with Gasteiger partial charge >= 0.3 is 0 Å². The van der Waals surface area contributed by atoms with E-state index in [4.69, 9.17) is 11.6 Å². The van der Waals surface area contributed by atoms with Crippen LogP contribution in [0.25, 0.3) is 11.7 Å². The van der Waals surface area contributed by atoms with Gasteiger partial charge in [-0.1, -0.05) is 18.2 Å². The standard InChI is InChI=1S/C8H5ClN3/c1-2-6-5-12-8(10-6)4-3-7(9)11-12/h2-4H,1H2. The maximum absolute atomic E-state index is 5.67. The summed E-state index contributed by atoms with van der Waals surface area (Å²) in [6.45, 7) is 3.58. The molecule has 0 aliphatic heterocycles. The van der Waals surface area contributed by atoms with Crippen molar-refractivity contribution in [3.63, 3.8) is 0 Å². The number of imidazole rings is 1. The molecule has 0 aromatic carbocycles. The molecule has 12 heavy (non-hydrogen) atoms. The summed E-state index contributed by atoms with van der Waals surface area (Å²) in [5, 5.41) is 4.38. The molecule has 0 aliphatic rings. The molecule has 0 saturated heterocycles. The predicted molar refractivity (Wildman–Crippen MR) is 46.9 cm³/mol. The molecule has 0 saturated carbocycles. The molecule has 2 rings (SSSR count). The van der Waals surface area contributed by atoms with Gasteiger partial charge in [-0.15, -0.1) is 0 Å². The molecule has 59 valence electrons. The monoisotopic (exact) mass is 178 g/mol. The Labute approximate surface area is 74.3 Å². The van der Waals surface area contributed by atoms with Gasteiger partial charge in [-0.3, -0.25) is 0 Å². The molecule has 3 nitrogen and oxygen atoms in total. The Bertz CT molecular complexity index is 433. The maximum Gasteiger partial charge on any atom is 0.155 e. The lowest BCUT2D eigenvalue weighted by molar-refractivity contribution is 0.929. The van der Waals surface area contributed by atoms with Crippen LogP contribution in [0.1, 0.15) is 5.69 Å². The first-order valence-electron chi connectivity index (χ1n) is 3.36.